The standard InChI is InChI=1S/C20H26.2C2H6/c1-5-13(2)19-12-14(3)15(4)17-11-10-16-8-6-7-9-18(16)20(17)19;2*1-2/h6-11,13-15,19H,5,12H2,1-4H3;2*1-2H3. The molecular weight excluding hydrogens is 288 g/mol. The summed E-state index contributed by atoms with van der Waals surface area (Å²) in [5.74, 6) is 2.99. The van der Waals surface area contributed by atoms with Gasteiger partial charge in [0.1, 0.15) is 0 Å². The van der Waals surface area contributed by atoms with Crippen LogP contribution in [0.25, 0.3) is 10.8 Å². The van der Waals surface area contributed by atoms with Gasteiger partial charge in [0, 0.05) is 0 Å². The van der Waals surface area contributed by atoms with Crippen LogP contribution < -0.4 is 0 Å². The zero-order chi connectivity index (χ0) is 18.3. The summed E-state index contributed by atoms with van der Waals surface area (Å²) in [6, 6.07) is 13.6. The van der Waals surface area contributed by atoms with Gasteiger partial charge in [0.05, 0.1) is 0 Å². The summed E-state index contributed by atoms with van der Waals surface area (Å²) in [5, 5.41) is 2.90. The Bertz CT molecular complexity index is 610. The van der Waals surface area contributed by atoms with Gasteiger partial charge in [-0.05, 0) is 52.0 Å². The first-order chi connectivity index (χ1) is 11.6. The van der Waals surface area contributed by atoms with Crippen molar-refractivity contribution < 1.29 is 0 Å². The highest BCUT2D eigenvalue weighted by Crippen LogP contribution is 2.48. The molecule has 0 aliphatic heterocycles. The van der Waals surface area contributed by atoms with Crippen molar-refractivity contribution in [2.24, 2.45) is 11.8 Å². The second-order valence-electron chi connectivity index (χ2n) is 6.78. The van der Waals surface area contributed by atoms with Crippen LogP contribution in [-0.2, 0) is 0 Å². The molecule has 0 spiro atoms. The molecule has 0 fully saturated rings. The third-order valence-electron chi connectivity index (χ3n) is 5.68. The first kappa shape index (κ1) is 20.7. The SMILES string of the molecule is CC.CC.CCC(C)C1CC(C)C(C)c2ccc3ccccc3c21. The number of fused-ring (bicyclic) bond motifs is 3. The van der Waals surface area contributed by atoms with Crippen LogP contribution in [0.15, 0.2) is 36.4 Å². The maximum atomic E-state index is 2.43. The van der Waals surface area contributed by atoms with Gasteiger partial charge in [-0.15, -0.1) is 0 Å². The summed E-state index contributed by atoms with van der Waals surface area (Å²) in [4.78, 5) is 0. The minimum Gasteiger partial charge on any atom is -0.0683 e. The van der Waals surface area contributed by atoms with Gasteiger partial charge < -0.3 is 0 Å². The first-order valence-electron chi connectivity index (χ1n) is 10.1. The van der Waals surface area contributed by atoms with Crippen LogP contribution in [0.3, 0.4) is 0 Å². The molecule has 1 aliphatic rings. The van der Waals surface area contributed by atoms with Crippen LogP contribution in [0.2, 0.25) is 0 Å². The fourth-order valence-electron chi connectivity index (χ4n) is 3.95. The van der Waals surface area contributed by atoms with Crippen LogP contribution in [-0.4, -0.2) is 0 Å². The molecule has 0 amide bonds. The second kappa shape index (κ2) is 9.87. The molecule has 0 saturated heterocycles. The van der Waals surface area contributed by atoms with Crippen LogP contribution in [0.4, 0.5) is 0 Å². The van der Waals surface area contributed by atoms with Gasteiger partial charge in [-0.2, -0.15) is 0 Å². The van der Waals surface area contributed by atoms with Gasteiger partial charge in [-0.25, -0.2) is 0 Å². The molecule has 0 N–H and O–H groups in total. The number of hydrogen-bond donors (Lipinski definition) is 0. The molecule has 24 heavy (non-hydrogen) atoms. The fourth-order valence-corrected chi connectivity index (χ4v) is 3.95. The summed E-state index contributed by atoms with van der Waals surface area (Å²) in [6.07, 6.45) is 2.62. The fraction of sp³-hybridized carbons (Fsp3) is 0.583. The lowest BCUT2D eigenvalue weighted by atomic mass is 9.66. The van der Waals surface area contributed by atoms with Crippen molar-refractivity contribution in [3.8, 4) is 0 Å². The molecule has 1 aliphatic carbocycles. The first-order valence-corrected chi connectivity index (χ1v) is 10.1. The largest absolute Gasteiger partial charge is 0.0683 e. The predicted molar refractivity (Wildman–Crippen MR) is 111 cm³/mol. The minimum atomic E-state index is 0.690. The third kappa shape index (κ3) is 4.02. The van der Waals surface area contributed by atoms with Crippen molar-refractivity contribution in [2.45, 2.75) is 80.1 Å². The lowest BCUT2D eigenvalue weighted by Crippen LogP contribution is -2.24. The van der Waals surface area contributed by atoms with Crippen LogP contribution in [0.1, 0.15) is 91.2 Å². The van der Waals surface area contributed by atoms with Gasteiger partial charge in [-0.1, -0.05) is 98.2 Å². The van der Waals surface area contributed by atoms with E-state index in [1.165, 1.54) is 23.6 Å². The Morgan fingerprint density at radius 1 is 0.958 bits per heavy atom. The van der Waals surface area contributed by atoms with Crippen LogP contribution in [0, 0.1) is 11.8 Å². The smallest absolute Gasteiger partial charge is 0.0125 e. The summed E-state index contributed by atoms with van der Waals surface area (Å²) >= 11 is 0. The van der Waals surface area contributed by atoms with E-state index in [2.05, 4.69) is 64.1 Å². The number of rotatable bonds is 2. The number of hydrogen-bond acceptors (Lipinski definition) is 0. The monoisotopic (exact) mass is 326 g/mol. The average molecular weight is 327 g/mol. The molecule has 0 aromatic heterocycles. The summed E-state index contributed by atoms with van der Waals surface area (Å²) < 4.78 is 0. The number of benzene rings is 2. The highest BCUT2D eigenvalue weighted by Gasteiger charge is 2.33. The Labute approximate surface area is 150 Å². The Morgan fingerprint density at radius 3 is 2.21 bits per heavy atom. The van der Waals surface area contributed by atoms with E-state index in [0.717, 1.165) is 17.8 Å². The van der Waals surface area contributed by atoms with Crippen molar-refractivity contribution in [1.29, 1.82) is 0 Å². The van der Waals surface area contributed by atoms with Gasteiger partial charge in [0.25, 0.3) is 0 Å². The Hall–Kier alpha value is -1.30. The third-order valence-corrected chi connectivity index (χ3v) is 5.68. The molecule has 0 heterocycles. The second-order valence-corrected chi connectivity index (χ2v) is 6.78. The van der Waals surface area contributed by atoms with Gasteiger partial charge in [0.15, 0.2) is 0 Å². The Balaban J connectivity index is 0.000000671. The molecule has 0 radical (unpaired) electrons. The van der Waals surface area contributed by atoms with Crippen molar-refractivity contribution >= 4 is 10.8 Å². The van der Waals surface area contributed by atoms with E-state index in [9.17, 15) is 0 Å². The molecule has 0 heteroatoms. The van der Waals surface area contributed by atoms with Crippen LogP contribution in [0.5, 0.6) is 0 Å². The lowest BCUT2D eigenvalue weighted by molar-refractivity contribution is 0.313. The van der Waals surface area contributed by atoms with Crippen molar-refractivity contribution in [3.05, 3.63) is 47.5 Å². The van der Waals surface area contributed by atoms with E-state index >= 15 is 0 Å². The Kier molecular flexibility index (Phi) is 8.53. The quantitative estimate of drug-likeness (QED) is 0.522. The normalized spacial score (nSPS) is 23.2. The molecule has 134 valence electrons. The zero-order valence-corrected chi connectivity index (χ0v) is 17.2. The highest BCUT2D eigenvalue weighted by atomic mass is 14.4. The van der Waals surface area contributed by atoms with Gasteiger partial charge in [0.2, 0.25) is 0 Å². The van der Waals surface area contributed by atoms with E-state index in [-0.39, 0.29) is 0 Å². The van der Waals surface area contributed by atoms with E-state index in [4.69, 9.17) is 0 Å². The summed E-state index contributed by atoms with van der Waals surface area (Å²) in [6.45, 7) is 17.6. The van der Waals surface area contributed by atoms with Crippen molar-refractivity contribution in [1.82, 2.24) is 0 Å². The van der Waals surface area contributed by atoms with Crippen molar-refractivity contribution in [2.75, 3.05) is 0 Å². The van der Waals surface area contributed by atoms with E-state index in [1.54, 1.807) is 11.1 Å². The molecule has 2 aromatic carbocycles. The average Bonchev–Trinajstić information content (AvgIpc) is 2.66. The summed E-state index contributed by atoms with van der Waals surface area (Å²) in [5.41, 5.74) is 3.26. The van der Waals surface area contributed by atoms with Crippen LogP contribution >= 0.6 is 0 Å². The van der Waals surface area contributed by atoms with E-state index in [0.29, 0.717) is 5.92 Å². The molecule has 0 bridgehead atoms. The predicted octanol–water partition coefficient (Wildman–Crippen LogP) is 8.17. The Morgan fingerprint density at radius 2 is 1.58 bits per heavy atom. The van der Waals surface area contributed by atoms with Crippen molar-refractivity contribution in [3.63, 3.8) is 0 Å². The van der Waals surface area contributed by atoms with Gasteiger partial charge >= 0.3 is 0 Å². The molecule has 4 atom stereocenters. The zero-order valence-electron chi connectivity index (χ0n) is 17.2. The molecule has 0 nitrogen and oxygen atoms in total. The molecule has 4 unspecified atom stereocenters. The molecule has 2 aromatic rings. The maximum Gasteiger partial charge on any atom is -0.0125 e. The lowest BCUT2D eigenvalue weighted by Gasteiger charge is -2.38. The van der Waals surface area contributed by atoms with E-state index in [1.807, 2.05) is 27.7 Å². The topological polar surface area (TPSA) is 0 Å². The van der Waals surface area contributed by atoms with Gasteiger partial charge in [-0.3, -0.25) is 0 Å². The minimum absolute atomic E-state index is 0.690. The maximum absolute atomic E-state index is 2.43. The molecule has 3 rings (SSSR count). The molecular formula is C24H38. The molecule has 0 saturated carbocycles. The highest BCUT2D eigenvalue weighted by molar-refractivity contribution is 5.87. The van der Waals surface area contributed by atoms with E-state index < -0.39 is 0 Å². The summed E-state index contributed by atoms with van der Waals surface area (Å²) in [7, 11) is 0.